The molecule has 0 fully saturated rings. The van der Waals surface area contributed by atoms with E-state index in [1.807, 2.05) is 0 Å². The van der Waals surface area contributed by atoms with Crippen LogP contribution in [0.15, 0.2) is 36.1 Å². The Hall–Kier alpha value is -1.31. The Morgan fingerprint density at radius 1 is 1.36 bits per heavy atom. The normalized spacial score (nSPS) is 10.9. The van der Waals surface area contributed by atoms with Gasteiger partial charge in [0.2, 0.25) is 0 Å². The molecule has 0 aromatic carbocycles. The average molecular weight is 152 g/mol. The summed E-state index contributed by atoms with van der Waals surface area (Å²) in [5, 5.41) is 8.84. The largest absolute Gasteiger partial charge is 0.508 e. The van der Waals surface area contributed by atoms with Crippen molar-refractivity contribution in [1.82, 2.24) is 0 Å². The summed E-state index contributed by atoms with van der Waals surface area (Å²) in [5.41, 5.74) is 0.933. The van der Waals surface area contributed by atoms with E-state index in [0.717, 1.165) is 0 Å². The third-order valence-electron chi connectivity index (χ3n) is 1.30. The van der Waals surface area contributed by atoms with Crippen LogP contribution in [0.25, 0.3) is 0 Å². The van der Waals surface area contributed by atoms with Gasteiger partial charge in [-0.1, -0.05) is 13.2 Å². The van der Waals surface area contributed by atoms with Gasteiger partial charge in [0.15, 0.2) is 5.78 Å². The van der Waals surface area contributed by atoms with Gasteiger partial charge in [-0.05, 0) is 25.5 Å². The van der Waals surface area contributed by atoms with Crippen molar-refractivity contribution < 1.29 is 9.90 Å². The Kier molecular flexibility index (Phi) is 3.31. The molecule has 0 atom stereocenters. The second kappa shape index (κ2) is 3.76. The number of aliphatic hydroxyl groups excluding tert-OH is 1. The van der Waals surface area contributed by atoms with E-state index in [9.17, 15) is 4.79 Å². The first kappa shape index (κ1) is 9.69. The molecule has 1 N–H and O–H groups in total. The minimum absolute atomic E-state index is 0.0348. The van der Waals surface area contributed by atoms with Crippen molar-refractivity contribution in [3.8, 4) is 0 Å². The fraction of sp³-hybridized carbons (Fsp3) is 0.222. The number of ketones is 1. The van der Waals surface area contributed by atoms with Crippen molar-refractivity contribution in [1.29, 1.82) is 0 Å². The molecule has 0 bridgehead atoms. The maximum Gasteiger partial charge on any atom is 0.159 e. The summed E-state index contributed by atoms with van der Waals surface area (Å²) in [6.07, 6.45) is 1.50. The molecule has 0 aromatic rings. The van der Waals surface area contributed by atoms with Crippen molar-refractivity contribution in [3.63, 3.8) is 0 Å². The lowest BCUT2D eigenvalue weighted by molar-refractivity contribution is -0.113. The van der Waals surface area contributed by atoms with Gasteiger partial charge < -0.3 is 5.11 Å². The van der Waals surface area contributed by atoms with Gasteiger partial charge in [-0.15, -0.1) is 0 Å². The van der Waals surface area contributed by atoms with Crippen LogP contribution in [0.1, 0.15) is 13.8 Å². The van der Waals surface area contributed by atoms with E-state index in [4.69, 9.17) is 5.11 Å². The topological polar surface area (TPSA) is 37.3 Å². The highest BCUT2D eigenvalue weighted by molar-refractivity contribution is 5.95. The van der Waals surface area contributed by atoms with Crippen LogP contribution in [0.5, 0.6) is 0 Å². The van der Waals surface area contributed by atoms with Crippen LogP contribution < -0.4 is 0 Å². The minimum Gasteiger partial charge on any atom is -0.508 e. The van der Waals surface area contributed by atoms with Gasteiger partial charge >= 0.3 is 0 Å². The maximum atomic E-state index is 10.6. The van der Waals surface area contributed by atoms with E-state index >= 15 is 0 Å². The maximum absolute atomic E-state index is 10.6. The number of aliphatic hydroxyl groups is 1. The van der Waals surface area contributed by atoms with Gasteiger partial charge in [-0.3, -0.25) is 4.79 Å². The standard InChI is InChI=1S/C9H12O2/c1-6(8(3)10)5-7(2)9(4)11/h5,11H,1,4H2,2-3H3/b7-5-. The molecule has 0 aliphatic heterocycles. The zero-order valence-electron chi connectivity index (χ0n) is 6.85. The first-order chi connectivity index (χ1) is 4.95. The van der Waals surface area contributed by atoms with Crippen molar-refractivity contribution in [2.45, 2.75) is 13.8 Å². The molecule has 0 amide bonds. The summed E-state index contributed by atoms with van der Waals surface area (Å²) in [6.45, 7) is 9.89. The summed E-state index contributed by atoms with van der Waals surface area (Å²) in [6, 6.07) is 0. The lowest BCUT2D eigenvalue weighted by Crippen LogP contribution is -1.92. The van der Waals surface area contributed by atoms with Crippen molar-refractivity contribution in [2.75, 3.05) is 0 Å². The fourth-order valence-corrected chi connectivity index (χ4v) is 0.446. The van der Waals surface area contributed by atoms with E-state index in [2.05, 4.69) is 13.2 Å². The minimum atomic E-state index is -0.106. The van der Waals surface area contributed by atoms with Crippen LogP contribution in [-0.2, 0) is 4.79 Å². The van der Waals surface area contributed by atoms with E-state index < -0.39 is 0 Å². The van der Waals surface area contributed by atoms with Crippen molar-refractivity contribution in [3.05, 3.63) is 36.1 Å². The predicted octanol–water partition coefficient (Wildman–Crippen LogP) is 2.15. The third kappa shape index (κ3) is 3.40. The number of Topliss-reactive ketones (excluding diaryl/α,β-unsaturated/α-hetero) is 1. The van der Waals surface area contributed by atoms with Crippen LogP contribution in [0.3, 0.4) is 0 Å². The molecule has 2 heteroatoms. The summed E-state index contributed by atoms with van der Waals surface area (Å²) in [7, 11) is 0. The number of allylic oxidation sites excluding steroid dienone is 3. The van der Waals surface area contributed by atoms with Gasteiger partial charge in [0.1, 0.15) is 5.76 Å². The van der Waals surface area contributed by atoms with E-state index in [1.54, 1.807) is 6.92 Å². The average Bonchev–Trinajstić information content (AvgIpc) is 1.87. The summed E-state index contributed by atoms with van der Waals surface area (Å²) in [5.74, 6) is -0.141. The smallest absolute Gasteiger partial charge is 0.159 e. The molecular formula is C9H12O2. The first-order valence-electron chi connectivity index (χ1n) is 3.21. The van der Waals surface area contributed by atoms with Gasteiger partial charge in [0.25, 0.3) is 0 Å². The van der Waals surface area contributed by atoms with E-state index in [-0.39, 0.29) is 11.5 Å². The molecule has 0 saturated heterocycles. The summed E-state index contributed by atoms with van der Waals surface area (Å²) < 4.78 is 0. The Bertz CT molecular complexity index is 234. The molecule has 0 radical (unpaired) electrons. The molecule has 11 heavy (non-hydrogen) atoms. The van der Waals surface area contributed by atoms with Crippen LogP contribution in [0.2, 0.25) is 0 Å². The Morgan fingerprint density at radius 2 is 1.82 bits per heavy atom. The predicted molar refractivity (Wildman–Crippen MR) is 45.3 cm³/mol. The van der Waals surface area contributed by atoms with Gasteiger partial charge in [-0.25, -0.2) is 0 Å². The molecule has 0 rings (SSSR count). The molecule has 0 aliphatic rings. The number of hydrogen-bond donors (Lipinski definition) is 1. The van der Waals surface area contributed by atoms with Crippen LogP contribution in [0.4, 0.5) is 0 Å². The highest BCUT2D eigenvalue weighted by Gasteiger charge is 1.98. The Morgan fingerprint density at radius 3 is 2.09 bits per heavy atom. The van der Waals surface area contributed by atoms with Gasteiger partial charge in [-0.2, -0.15) is 0 Å². The first-order valence-corrected chi connectivity index (χ1v) is 3.21. The quantitative estimate of drug-likeness (QED) is 0.382. The number of carbonyl (C=O) groups is 1. The number of hydrogen-bond acceptors (Lipinski definition) is 2. The van der Waals surface area contributed by atoms with Crippen molar-refractivity contribution in [2.24, 2.45) is 0 Å². The zero-order chi connectivity index (χ0) is 9.02. The third-order valence-corrected chi connectivity index (χ3v) is 1.30. The molecule has 60 valence electrons. The van der Waals surface area contributed by atoms with Crippen LogP contribution >= 0.6 is 0 Å². The Labute approximate surface area is 66.5 Å². The number of rotatable bonds is 3. The second-order valence-corrected chi connectivity index (χ2v) is 2.36. The molecule has 0 aromatic heterocycles. The van der Waals surface area contributed by atoms with Gasteiger partial charge in [0.05, 0.1) is 0 Å². The Balaban J connectivity index is 4.44. The zero-order valence-corrected chi connectivity index (χ0v) is 6.85. The molecule has 0 heterocycles. The lowest BCUT2D eigenvalue weighted by atomic mass is 10.1. The molecule has 0 spiro atoms. The molecule has 0 aliphatic carbocycles. The molecule has 2 nitrogen and oxygen atoms in total. The highest BCUT2D eigenvalue weighted by atomic mass is 16.3. The molecule has 0 unspecified atom stereocenters. The van der Waals surface area contributed by atoms with Crippen LogP contribution in [0, 0.1) is 0 Å². The monoisotopic (exact) mass is 152 g/mol. The molecular weight excluding hydrogens is 140 g/mol. The van der Waals surface area contributed by atoms with Crippen LogP contribution in [-0.4, -0.2) is 10.9 Å². The van der Waals surface area contributed by atoms with E-state index in [1.165, 1.54) is 13.0 Å². The fourth-order valence-electron chi connectivity index (χ4n) is 0.446. The highest BCUT2D eigenvalue weighted by Crippen LogP contribution is 2.06. The van der Waals surface area contributed by atoms with E-state index in [0.29, 0.717) is 11.1 Å². The SMILES string of the molecule is C=C(/C=C(/C)C(=C)O)C(C)=O. The van der Waals surface area contributed by atoms with Gasteiger partial charge in [0, 0.05) is 5.57 Å². The summed E-state index contributed by atoms with van der Waals surface area (Å²) >= 11 is 0. The summed E-state index contributed by atoms with van der Waals surface area (Å²) in [4.78, 5) is 10.6. The number of carbonyl (C=O) groups excluding carboxylic acids is 1. The second-order valence-electron chi connectivity index (χ2n) is 2.36. The molecule has 0 saturated carbocycles. The van der Waals surface area contributed by atoms with Crippen molar-refractivity contribution >= 4 is 5.78 Å². The lowest BCUT2D eigenvalue weighted by Gasteiger charge is -1.97.